The largest absolute Gasteiger partial charge is 1.00 e. The van der Waals surface area contributed by atoms with Crippen molar-refractivity contribution in [1.82, 2.24) is 0 Å². The van der Waals surface area contributed by atoms with Gasteiger partial charge in [0.2, 0.25) is 0 Å². The van der Waals surface area contributed by atoms with E-state index in [2.05, 4.69) is 0 Å². The Morgan fingerprint density at radius 3 is 2.56 bits per heavy atom. The second-order valence-electron chi connectivity index (χ2n) is 3.37. The molecule has 0 aromatic heterocycles. The van der Waals surface area contributed by atoms with Crippen LogP contribution in [0.4, 0.5) is 0 Å². The van der Waals surface area contributed by atoms with E-state index in [1.165, 1.54) is 6.07 Å². The zero-order chi connectivity index (χ0) is 12.6. The topological polar surface area (TPSA) is 95.9 Å². The van der Waals surface area contributed by atoms with Gasteiger partial charge in [-0.1, -0.05) is 11.6 Å². The fourth-order valence-electron chi connectivity index (χ4n) is 1.44. The van der Waals surface area contributed by atoms with Crippen molar-refractivity contribution < 1.29 is 57.1 Å². The van der Waals surface area contributed by atoms with Crippen LogP contribution >= 0.6 is 11.6 Å². The molecule has 1 heterocycles. The summed E-state index contributed by atoms with van der Waals surface area (Å²) >= 11 is 5.83. The molecule has 18 heavy (non-hydrogen) atoms. The summed E-state index contributed by atoms with van der Waals surface area (Å²) in [7, 11) is -4.85. The summed E-state index contributed by atoms with van der Waals surface area (Å²) in [5.74, 6) is 0.485. The van der Waals surface area contributed by atoms with E-state index in [4.69, 9.17) is 21.1 Å². The van der Waals surface area contributed by atoms with E-state index < -0.39 is 15.6 Å². The normalized spacial score (nSPS) is 15.7. The van der Waals surface area contributed by atoms with Crippen LogP contribution in [0.1, 0.15) is 11.0 Å². The van der Waals surface area contributed by atoms with Crippen molar-refractivity contribution >= 4 is 21.7 Å². The molecular weight excluding hydrogens is 295 g/mol. The Hall–Kier alpha value is -0.0200. The van der Waals surface area contributed by atoms with Gasteiger partial charge in [-0.15, -0.1) is 0 Å². The molecule has 0 saturated carbocycles. The summed E-state index contributed by atoms with van der Waals surface area (Å²) in [6.07, 6.45) is 0. The molecule has 2 rings (SSSR count). The summed E-state index contributed by atoms with van der Waals surface area (Å²) in [5.41, 5.74) is -2.31. The molecule has 6 nitrogen and oxygen atoms in total. The van der Waals surface area contributed by atoms with Crippen LogP contribution in [0.2, 0.25) is 5.02 Å². The molecule has 0 bridgehead atoms. The smallest absolute Gasteiger partial charge is 0.746 e. The van der Waals surface area contributed by atoms with Crippen LogP contribution in [0.15, 0.2) is 12.1 Å². The maximum Gasteiger partial charge on any atom is 1.00 e. The number of hydrogen-bond donors (Lipinski definition) is 1. The Morgan fingerprint density at radius 1 is 1.33 bits per heavy atom. The van der Waals surface area contributed by atoms with Gasteiger partial charge in [0.1, 0.15) is 23.3 Å². The van der Waals surface area contributed by atoms with Gasteiger partial charge in [0.15, 0.2) is 16.9 Å². The minimum absolute atomic E-state index is 0. The fourth-order valence-corrected chi connectivity index (χ4v) is 2.18. The Labute approximate surface area is 131 Å². The minimum Gasteiger partial charge on any atom is -0.746 e. The average molecular weight is 303 g/mol. The van der Waals surface area contributed by atoms with Gasteiger partial charge in [-0.25, -0.2) is 8.42 Å². The molecule has 1 aromatic carbocycles. The molecule has 1 unspecified atom stereocenters. The maximum atomic E-state index is 10.7. The van der Waals surface area contributed by atoms with Crippen LogP contribution < -0.4 is 39.0 Å². The van der Waals surface area contributed by atoms with Crippen molar-refractivity contribution in [2.24, 2.45) is 0 Å². The van der Waals surface area contributed by atoms with Gasteiger partial charge < -0.3 is 19.1 Å². The van der Waals surface area contributed by atoms with Crippen molar-refractivity contribution in [3.05, 3.63) is 22.7 Å². The van der Waals surface area contributed by atoms with Gasteiger partial charge in [-0.05, 0) is 17.7 Å². The first-order chi connectivity index (χ1) is 7.89. The SMILES string of the molecule is O=S(=O)([O-])C(O)c1cc(Cl)c2c(c1)OCCO2.[Na+]. The number of halogens is 1. The number of ether oxygens (including phenoxy) is 2. The van der Waals surface area contributed by atoms with Crippen molar-refractivity contribution in [1.29, 1.82) is 0 Å². The third-order valence-electron chi connectivity index (χ3n) is 2.18. The number of benzene rings is 1. The Balaban J connectivity index is 0.00000162. The van der Waals surface area contributed by atoms with Crippen LogP contribution in [0.5, 0.6) is 11.5 Å². The summed E-state index contributed by atoms with van der Waals surface area (Å²) in [5, 5.41) is 9.41. The third kappa shape index (κ3) is 3.30. The second kappa shape index (κ2) is 5.96. The Kier molecular flexibility index (Phi) is 5.31. The fraction of sp³-hybridized carbons (Fsp3) is 0.333. The number of aliphatic hydroxyl groups is 1. The molecule has 0 spiro atoms. The molecule has 9 heteroatoms. The first-order valence-electron chi connectivity index (χ1n) is 4.61. The molecule has 1 aliphatic rings. The molecule has 1 N–H and O–H groups in total. The monoisotopic (exact) mass is 302 g/mol. The first kappa shape index (κ1) is 16.0. The average Bonchev–Trinajstić information content (AvgIpc) is 2.27. The van der Waals surface area contributed by atoms with Crippen molar-refractivity contribution in [3.63, 3.8) is 0 Å². The van der Waals surface area contributed by atoms with Gasteiger partial charge in [0.25, 0.3) is 0 Å². The van der Waals surface area contributed by atoms with E-state index in [1.807, 2.05) is 0 Å². The van der Waals surface area contributed by atoms with Crippen LogP contribution in [-0.2, 0) is 10.1 Å². The summed E-state index contributed by atoms with van der Waals surface area (Å²) in [6.45, 7) is 0.613. The third-order valence-corrected chi connectivity index (χ3v) is 3.28. The van der Waals surface area contributed by atoms with Gasteiger partial charge >= 0.3 is 29.6 Å². The molecule has 1 aliphatic heterocycles. The first-order valence-corrected chi connectivity index (χ1v) is 6.46. The summed E-state index contributed by atoms with van der Waals surface area (Å²) in [6, 6.07) is 2.38. The van der Waals surface area contributed by atoms with Crippen LogP contribution in [0.25, 0.3) is 0 Å². The van der Waals surface area contributed by atoms with Crippen LogP contribution in [-0.4, -0.2) is 31.3 Å². The number of fused-ring (bicyclic) bond motifs is 1. The predicted octanol–water partition coefficient (Wildman–Crippen LogP) is -2.35. The molecule has 0 aliphatic carbocycles. The predicted molar refractivity (Wildman–Crippen MR) is 57.1 cm³/mol. The molecule has 1 atom stereocenters. The molecule has 94 valence electrons. The second-order valence-corrected chi connectivity index (χ2v) is 5.21. The van der Waals surface area contributed by atoms with E-state index in [-0.39, 0.29) is 58.2 Å². The standard InChI is InChI=1S/C9H9ClO6S.Na/c10-6-3-5(9(11)17(12,13)14)4-7-8(6)16-2-1-15-7;/h3-4,9,11H,1-2H2,(H,12,13,14);/q;+1/p-1. The molecular formula is C9H8ClNaO6S. The number of aliphatic hydroxyl groups excluding tert-OH is 1. The quantitative estimate of drug-likeness (QED) is 0.485. The van der Waals surface area contributed by atoms with E-state index in [0.717, 1.165) is 6.07 Å². The minimum atomic E-state index is -4.85. The summed E-state index contributed by atoms with van der Waals surface area (Å²) < 4.78 is 42.5. The van der Waals surface area contributed by atoms with Gasteiger partial charge in [0, 0.05) is 0 Å². The Bertz CT molecular complexity index is 546. The van der Waals surface area contributed by atoms with Crippen molar-refractivity contribution in [2.45, 2.75) is 5.44 Å². The van der Waals surface area contributed by atoms with E-state index >= 15 is 0 Å². The zero-order valence-electron chi connectivity index (χ0n) is 9.42. The maximum absolute atomic E-state index is 10.7. The molecule has 0 radical (unpaired) electrons. The number of rotatable bonds is 2. The van der Waals surface area contributed by atoms with E-state index in [9.17, 15) is 18.1 Å². The molecule has 0 saturated heterocycles. The van der Waals surface area contributed by atoms with Crippen LogP contribution in [0, 0.1) is 0 Å². The van der Waals surface area contributed by atoms with Crippen LogP contribution in [0.3, 0.4) is 0 Å². The van der Waals surface area contributed by atoms with Gasteiger partial charge in [-0.2, -0.15) is 0 Å². The molecule has 1 aromatic rings. The Morgan fingerprint density at radius 2 is 1.94 bits per heavy atom. The van der Waals surface area contributed by atoms with E-state index in [1.54, 1.807) is 0 Å². The summed E-state index contributed by atoms with van der Waals surface area (Å²) in [4.78, 5) is 0. The zero-order valence-corrected chi connectivity index (χ0v) is 13.0. The van der Waals surface area contributed by atoms with Gasteiger partial charge in [0.05, 0.1) is 5.02 Å². The van der Waals surface area contributed by atoms with Crippen molar-refractivity contribution in [3.8, 4) is 11.5 Å². The van der Waals surface area contributed by atoms with Gasteiger partial charge in [-0.3, -0.25) is 0 Å². The number of hydrogen-bond acceptors (Lipinski definition) is 6. The molecule has 0 amide bonds. The van der Waals surface area contributed by atoms with Crippen molar-refractivity contribution in [2.75, 3.05) is 13.2 Å². The van der Waals surface area contributed by atoms with E-state index in [0.29, 0.717) is 6.61 Å². The molecule has 0 fully saturated rings.